The van der Waals surface area contributed by atoms with Crippen molar-refractivity contribution < 1.29 is 0 Å². The van der Waals surface area contributed by atoms with Crippen molar-refractivity contribution >= 4 is 68.0 Å². The zero-order valence-corrected chi connectivity index (χ0v) is 18.6. The van der Waals surface area contributed by atoms with Crippen LogP contribution in [0.25, 0.3) is 0 Å². The average Bonchev–Trinajstić information content (AvgIpc) is 2.94. The van der Waals surface area contributed by atoms with E-state index in [0.29, 0.717) is 27.5 Å². The van der Waals surface area contributed by atoms with E-state index in [2.05, 4.69) is 51.6 Å². The number of aromatic nitrogens is 2. The van der Waals surface area contributed by atoms with Crippen LogP contribution >= 0.6 is 51.3 Å². The number of hydrogen-bond acceptors (Lipinski definition) is 2. The van der Waals surface area contributed by atoms with Crippen LogP contribution in [0.3, 0.4) is 0 Å². The zero-order chi connectivity index (χ0) is 19.6. The van der Waals surface area contributed by atoms with E-state index in [1.165, 1.54) is 5.56 Å². The van der Waals surface area contributed by atoms with Gasteiger partial charge in [0.15, 0.2) is 10.9 Å². The minimum absolute atomic E-state index is 0.476. The number of benzene rings is 2. The highest BCUT2D eigenvalue weighted by molar-refractivity contribution is 9.10. The van der Waals surface area contributed by atoms with Gasteiger partial charge in [-0.15, -0.1) is 0 Å². The second kappa shape index (κ2) is 8.61. The van der Waals surface area contributed by atoms with Crippen LogP contribution < -0.4 is 10.6 Å². The van der Waals surface area contributed by atoms with Crippen molar-refractivity contribution in [2.75, 3.05) is 10.6 Å². The van der Waals surface area contributed by atoms with Crippen LogP contribution in [-0.4, -0.2) is 14.9 Å². The Balaban J connectivity index is 1.69. The highest BCUT2D eigenvalue weighted by atomic mass is 79.9. The molecule has 0 spiro atoms. The van der Waals surface area contributed by atoms with Gasteiger partial charge in [-0.3, -0.25) is 4.68 Å². The first-order chi connectivity index (χ1) is 12.8. The number of anilines is 2. The Bertz CT molecular complexity index is 1000. The molecule has 0 aliphatic heterocycles. The molecule has 0 bridgehead atoms. The van der Waals surface area contributed by atoms with E-state index in [4.69, 9.17) is 35.4 Å². The van der Waals surface area contributed by atoms with Gasteiger partial charge >= 0.3 is 0 Å². The molecule has 0 aliphatic rings. The van der Waals surface area contributed by atoms with Crippen LogP contribution in [0.15, 0.2) is 47.1 Å². The topological polar surface area (TPSA) is 41.9 Å². The molecule has 2 aromatic carbocycles. The third-order valence-electron chi connectivity index (χ3n) is 4.13. The summed E-state index contributed by atoms with van der Waals surface area (Å²) < 4.78 is 2.61. The molecule has 4 nitrogen and oxygen atoms in total. The van der Waals surface area contributed by atoms with E-state index in [-0.39, 0.29) is 0 Å². The molecule has 140 valence electrons. The van der Waals surface area contributed by atoms with Crippen molar-refractivity contribution in [2.45, 2.75) is 20.4 Å². The van der Waals surface area contributed by atoms with Crippen molar-refractivity contribution in [2.24, 2.45) is 0 Å². The highest BCUT2D eigenvalue weighted by Crippen LogP contribution is 2.25. The molecule has 1 aromatic heterocycles. The summed E-state index contributed by atoms with van der Waals surface area (Å²) in [5.41, 5.74) is 4.33. The molecule has 27 heavy (non-hydrogen) atoms. The predicted octanol–water partition coefficient (Wildman–Crippen LogP) is 6.43. The van der Waals surface area contributed by atoms with Crippen molar-refractivity contribution in [3.05, 3.63) is 73.8 Å². The van der Waals surface area contributed by atoms with Crippen LogP contribution in [-0.2, 0) is 6.54 Å². The molecule has 0 fully saturated rings. The minimum atomic E-state index is 0.476. The summed E-state index contributed by atoms with van der Waals surface area (Å²) in [4.78, 5) is 0. The number of rotatable bonds is 4. The van der Waals surface area contributed by atoms with E-state index in [9.17, 15) is 0 Å². The van der Waals surface area contributed by atoms with E-state index in [1.54, 1.807) is 10.7 Å². The smallest absolute Gasteiger partial charge is 0.176 e. The van der Waals surface area contributed by atoms with Crippen LogP contribution in [0, 0.1) is 13.8 Å². The Morgan fingerprint density at radius 3 is 2.67 bits per heavy atom. The molecular weight excluding hydrogens is 467 g/mol. The monoisotopic (exact) mass is 482 g/mol. The third-order valence-corrected chi connectivity index (χ3v) is 5.65. The highest BCUT2D eigenvalue weighted by Gasteiger charge is 2.10. The largest absolute Gasteiger partial charge is 0.332 e. The number of nitrogens with zero attached hydrogens (tertiary/aromatic N) is 2. The SMILES string of the molecule is Cc1cccc(NC(=S)Nc2nn(Cc3ccc(Cl)c(Cl)c3)cc2Br)c1C. The van der Waals surface area contributed by atoms with Crippen molar-refractivity contribution in [1.29, 1.82) is 0 Å². The standard InChI is InChI=1S/C19H17BrCl2N4S/c1-11-4-3-5-17(12(11)2)23-19(27)24-18-14(20)10-26(25-18)9-13-6-7-15(21)16(22)8-13/h3-8,10H,9H2,1-2H3,(H2,23,24,25,27). The minimum Gasteiger partial charge on any atom is -0.332 e. The summed E-state index contributed by atoms with van der Waals surface area (Å²) in [6, 6.07) is 11.6. The number of thiocarbonyl (C=S) groups is 1. The molecule has 0 unspecified atom stereocenters. The van der Waals surface area contributed by atoms with Gasteiger partial charge in [-0.1, -0.05) is 41.4 Å². The first kappa shape index (κ1) is 20.1. The number of aryl methyl sites for hydroxylation is 1. The molecule has 3 aromatic rings. The van der Waals surface area contributed by atoms with Gasteiger partial charge in [0.05, 0.1) is 21.1 Å². The number of hydrogen-bond donors (Lipinski definition) is 2. The summed E-state index contributed by atoms with van der Waals surface area (Å²) in [5.74, 6) is 0.637. The van der Waals surface area contributed by atoms with E-state index in [0.717, 1.165) is 21.3 Å². The number of nitrogens with one attached hydrogen (secondary N) is 2. The van der Waals surface area contributed by atoms with Gasteiger partial charge < -0.3 is 10.6 Å². The fourth-order valence-corrected chi connectivity index (χ4v) is 3.48. The lowest BCUT2D eigenvalue weighted by atomic mass is 10.1. The second-order valence-corrected chi connectivity index (χ2v) is 8.18. The maximum Gasteiger partial charge on any atom is 0.176 e. The normalized spacial score (nSPS) is 10.7. The molecular formula is C19H17BrCl2N4S. The molecule has 0 radical (unpaired) electrons. The molecule has 0 atom stereocenters. The Labute approximate surface area is 182 Å². The Morgan fingerprint density at radius 2 is 1.93 bits per heavy atom. The lowest BCUT2D eigenvalue weighted by molar-refractivity contribution is 0.689. The van der Waals surface area contributed by atoms with E-state index >= 15 is 0 Å². The summed E-state index contributed by atoms with van der Waals surface area (Å²) in [7, 11) is 0. The molecule has 8 heteroatoms. The van der Waals surface area contributed by atoms with Crippen molar-refractivity contribution in [3.8, 4) is 0 Å². The predicted molar refractivity (Wildman–Crippen MR) is 121 cm³/mol. The molecule has 0 saturated carbocycles. The Kier molecular flexibility index (Phi) is 6.42. The van der Waals surface area contributed by atoms with Gasteiger partial charge in [0.25, 0.3) is 0 Å². The van der Waals surface area contributed by atoms with Gasteiger partial charge in [-0.2, -0.15) is 5.10 Å². The van der Waals surface area contributed by atoms with Gasteiger partial charge in [-0.25, -0.2) is 0 Å². The van der Waals surface area contributed by atoms with Gasteiger partial charge in [-0.05, 0) is 76.9 Å². The molecule has 0 aliphatic carbocycles. The summed E-state index contributed by atoms with van der Waals surface area (Å²) >= 11 is 21.0. The van der Waals surface area contributed by atoms with Crippen molar-refractivity contribution in [3.63, 3.8) is 0 Å². The Hall–Kier alpha value is -1.60. The van der Waals surface area contributed by atoms with Crippen molar-refractivity contribution in [1.82, 2.24) is 9.78 Å². The lowest BCUT2D eigenvalue weighted by Crippen LogP contribution is -2.20. The second-order valence-electron chi connectivity index (χ2n) is 6.10. The molecule has 3 rings (SSSR count). The third kappa shape index (κ3) is 5.02. The Morgan fingerprint density at radius 1 is 1.15 bits per heavy atom. The molecule has 1 heterocycles. The fraction of sp³-hybridized carbons (Fsp3) is 0.158. The number of halogens is 3. The van der Waals surface area contributed by atoms with Crippen LogP contribution in [0.4, 0.5) is 11.5 Å². The van der Waals surface area contributed by atoms with Crippen LogP contribution in [0.1, 0.15) is 16.7 Å². The van der Waals surface area contributed by atoms with E-state index < -0.39 is 0 Å². The van der Waals surface area contributed by atoms with Gasteiger partial charge in [0.1, 0.15) is 0 Å². The summed E-state index contributed by atoms with van der Waals surface area (Å²) in [6.07, 6.45) is 1.88. The van der Waals surface area contributed by atoms with Gasteiger partial charge in [0.2, 0.25) is 0 Å². The fourth-order valence-electron chi connectivity index (χ4n) is 2.54. The first-order valence-electron chi connectivity index (χ1n) is 8.14. The average molecular weight is 484 g/mol. The maximum atomic E-state index is 6.08. The zero-order valence-electron chi connectivity index (χ0n) is 14.7. The molecule has 0 amide bonds. The lowest BCUT2D eigenvalue weighted by Gasteiger charge is -2.12. The molecule has 0 saturated heterocycles. The van der Waals surface area contributed by atoms with Crippen LogP contribution in [0.2, 0.25) is 10.0 Å². The summed E-state index contributed by atoms with van der Waals surface area (Å²) in [6.45, 7) is 4.69. The first-order valence-corrected chi connectivity index (χ1v) is 10.1. The van der Waals surface area contributed by atoms with Crippen LogP contribution in [0.5, 0.6) is 0 Å². The quantitative estimate of drug-likeness (QED) is 0.419. The van der Waals surface area contributed by atoms with Gasteiger partial charge in [0, 0.05) is 11.9 Å². The maximum absolute atomic E-state index is 6.08. The molecule has 2 N–H and O–H groups in total. The van der Waals surface area contributed by atoms with E-state index in [1.807, 2.05) is 30.5 Å². The summed E-state index contributed by atoms with van der Waals surface area (Å²) in [5, 5.41) is 12.4.